The van der Waals surface area contributed by atoms with Crippen LogP contribution in [0, 0.1) is 17.0 Å². The Morgan fingerprint density at radius 3 is 2.41 bits per heavy atom. The van der Waals surface area contributed by atoms with Gasteiger partial charge in [0, 0.05) is 33.1 Å². The van der Waals surface area contributed by atoms with Gasteiger partial charge < -0.3 is 15.0 Å². The van der Waals surface area contributed by atoms with Crippen LogP contribution in [0.2, 0.25) is 0 Å². The van der Waals surface area contributed by atoms with E-state index in [-0.39, 0.29) is 31.4 Å². The zero-order valence-corrected chi connectivity index (χ0v) is 13.1. The van der Waals surface area contributed by atoms with E-state index in [0.29, 0.717) is 18.9 Å². The lowest BCUT2D eigenvalue weighted by molar-refractivity contribution is -0.389. The van der Waals surface area contributed by atoms with Crippen molar-refractivity contribution in [2.24, 2.45) is 0 Å². The molecular formula is C11H17N5O5S. The number of amides is 1. The van der Waals surface area contributed by atoms with Crippen molar-refractivity contribution in [1.29, 1.82) is 0 Å². The first kappa shape index (κ1) is 16.4. The van der Waals surface area contributed by atoms with Crippen LogP contribution >= 0.6 is 0 Å². The summed E-state index contributed by atoms with van der Waals surface area (Å²) in [7, 11) is -3.24. The molecule has 0 bridgehead atoms. The molecule has 0 aromatic carbocycles. The number of carbonyl (C=O) groups excluding carboxylic acids is 1. The summed E-state index contributed by atoms with van der Waals surface area (Å²) in [5.74, 6) is -0.134. The summed E-state index contributed by atoms with van der Waals surface area (Å²) in [6, 6.07) is 0. The summed E-state index contributed by atoms with van der Waals surface area (Å²) in [4.78, 5) is 27.5. The first-order valence-electron chi connectivity index (χ1n) is 6.59. The normalized spacial score (nSPS) is 16.7. The molecule has 2 heterocycles. The highest BCUT2D eigenvalue weighted by Crippen LogP contribution is 2.12. The number of aryl methyl sites for hydroxylation is 1. The van der Waals surface area contributed by atoms with E-state index in [1.165, 1.54) is 15.1 Å². The van der Waals surface area contributed by atoms with Crippen LogP contribution in [0.4, 0.5) is 5.82 Å². The fraction of sp³-hybridized carbons (Fsp3) is 0.636. The van der Waals surface area contributed by atoms with Crippen LogP contribution in [0.15, 0.2) is 6.20 Å². The second-order valence-corrected chi connectivity index (χ2v) is 7.06. The summed E-state index contributed by atoms with van der Waals surface area (Å²) in [6.45, 7) is 2.66. The molecule has 0 unspecified atom stereocenters. The maximum Gasteiger partial charge on any atom is 0.381 e. The maximum absolute atomic E-state index is 12.2. The zero-order chi connectivity index (χ0) is 16.5. The first-order valence-corrected chi connectivity index (χ1v) is 8.44. The van der Waals surface area contributed by atoms with Crippen molar-refractivity contribution in [3.8, 4) is 0 Å². The van der Waals surface area contributed by atoms with Gasteiger partial charge in [-0.3, -0.25) is 9.36 Å². The maximum atomic E-state index is 12.2. The highest BCUT2D eigenvalue weighted by atomic mass is 32.2. The molecule has 0 N–H and O–H groups in total. The summed E-state index contributed by atoms with van der Waals surface area (Å²) in [5, 5.41) is 10.7. The van der Waals surface area contributed by atoms with E-state index in [1.54, 1.807) is 11.8 Å². The number of nitrogens with zero attached hydrogens (tertiary/aromatic N) is 5. The second kappa shape index (κ2) is 6.01. The fourth-order valence-electron chi connectivity index (χ4n) is 2.25. The van der Waals surface area contributed by atoms with Gasteiger partial charge in [0.2, 0.25) is 21.8 Å². The number of sulfonamides is 1. The molecule has 1 fully saturated rings. The smallest absolute Gasteiger partial charge is 0.358 e. The largest absolute Gasteiger partial charge is 0.381 e. The quantitative estimate of drug-likeness (QED) is 0.526. The third-order valence-electron chi connectivity index (χ3n) is 3.52. The Morgan fingerprint density at radius 2 is 1.95 bits per heavy atom. The lowest BCUT2D eigenvalue weighted by Gasteiger charge is -2.33. The molecule has 0 aliphatic carbocycles. The van der Waals surface area contributed by atoms with Crippen molar-refractivity contribution in [3.05, 3.63) is 22.1 Å². The van der Waals surface area contributed by atoms with Gasteiger partial charge >= 0.3 is 5.82 Å². The third kappa shape index (κ3) is 3.60. The van der Waals surface area contributed by atoms with Crippen LogP contribution < -0.4 is 0 Å². The Morgan fingerprint density at radius 1 is 1.36 bits per heavy atom. The Labute approximate surface area is 127 Å². The van der Waals surface area contributed by atoms with Gasteiger partial charge in [0.25, 0.3) is 0 Å². The number of imidazole rings is 1. The summed E-state index contributed by atoms with van der Waals surface area (Å²) in [6.07, 6.45) is 2.36. The van der Waals surface area contributed by atoms with Crippen molar-refractivity contribution in [3.63, 3.8) is 0 Å². The highest BCUT2D eigenvalue weighted by Gasteiger charge is 2.27. The number of piperazine rings is 1. The van der Waals surface area contributed by atoms with E-state index < -0.39 is 14.9 Å². The van der Waals surface area contributed by atoms with Gasteiger partial charge in [-0.05, 0) is 9.91 Å². The molecule has 1 aliphatic rings. The number of carbonyl (C=O) groups is 1. The predicted octanol–water partition coefficient (Wildman–Crippen LogP) is -0.796. The third-order valence-corrected chi connectivity index (χ3v) is 4.82. The van der Waals surface area contributed by atoms with Gasteiger partial charge in [-0.1, -0.05) is 0 Å². The van der Waals surface area contributed by atoms with Crippen molar-refractivity contribution < 1.29 is 18.1 Å². The van der Waals surface area contributed by atoms with E-state index in [9.17, 15) is 23.3 Å². The second-order valence-electron chi connectivity index (χ2n) is 5.07. The predicted molar refractivity (Wildman–Crippen MR) is 76.6 cm³/mol. The molecule has 1 aromatic heterocycles. The lowest BCUT2D eigenvalue weighted by atomic mass is 10.3. The average molecular weight is 331 g/mol. The van der Waals surface area contributed by atoms with Crippen LogP contribution in [0.5, 0.6) is 0 Å². The van der Waals surface area contributed by atoms with Crippen LogP contribution in [0.3, 0.4) is 0 Å². The van der Waals surface area contributed by atoms with Crippen molar-refractivity contribution in [2.75, 3.05) is 32.4 Å². The molecule has 0 radical (unpaired) electrons. The summed E-state index contributed by atoms with van der Waals surface area (Å²) >= 11 is 0. The molecule has 1 aromatic rings. The SMILES string of the molecule is Cc1nc([N+](=O)[O-])cn1CC(=O)N1CCN(S(C)(=O)=O)CC1. The van der Waals surface area contributed by atoms with Crippen LogP contribution in [-0.4, -0.2) is 70.4 Å². The molecule has 122 valence electrons. The Bertz CT molecular complexity index is 690. The lowest BCUT2D eigenvalue weighted by Crippen LogP contribution is -2.51. The number of nitro groups is 1. The van der Waals surface area contributed by atoms with Crippen LogP contribution in [0.25, 0.3) is 0 Å². The van der Waals surface area contributed by atoms with E-state index in [0.717, 1.165) is 6.26 Å². The Hall–Kier alpha value is -2.01. The van der Waals surface area contributed by atoms with Gasteiger partial charge in [-0.2, -0.15) is 4.31 Å². The molecule has 22 heavy (non-hydrogen) atoms. The van der Waals surface area contributed by atoms with Crippen molar-refractivity contribution in [2.45, 2.75) is 13.5 Å². The monoisotopic (exact) mass is 331 g/mol. The van der Waals surface area contributed by atoms with E-state index in [2.05, 4.69) is 4.98 Å². The van der Waals surface area contributed by atoms with Crippen molar-refractivity contribution in [1.82, 2.24) is 18.8 Å². The molecule has 1 amide bonds. The molecule has 2 rings (SSSR count). The topological polar surface area (TPSA) is 119 Å². The number of hydrogen-bond donors (Lipinski definition) is 0. The molecule has 1 saturated heterocycles. The summed E-state index contributed by atoms with van der Waals surface area (Å²) in [5.41, 5.74) is 0. The van der Waals surface area contributed by atoms with Gasteiger partial charge in [-0.15, -0.1) is 0 Å². The summed E-state index contributed by atoms with van der Waals surface area (Å²) < 4.78 is 25.6. The molecule has 1 aliphatic heterocycles. The van der Waals surface area contributed by atoms with Crippen LogP contribution in [0.1, 0.15) is 5.82 Å². The van der Waals surface area contributed by atoms with Gasteiger partial charge in [0.15, 0.2) is 0 Å². The van der Waals surface area contributed by atoms with E-state index >= 15 is 0 Å². The molecular weight excluding hydrogens is 314 g/mol. The minimum absolute atomic E-state index is 0.0501. The number of hydrogen-bond acceptors (Lipinski definition) is 6. The molecule has 10 nitrogen and oxygen atoms in total. The van der Waals surface area contributed by atoms with Gasteiger partial charge in [0.1, 0.15) is 12.7 Å². The van der Waals surface area contributed by atoms with Gasteiger partial charge in [0.05, 0.1) is 6.26 Å². The molecule has 0 saturated carbocycles. The Balaban J connectivity index is 1.98. The van der Waals surface area contributed by atoms with Crippen LogP contribution in [-0.2, 0) is 21.4 Å². The zero-order valence-electron chi connectivity index (χ0n) is 12.3. The minimum Gasteiger partial charge on any atom is -0.358 e. The molecule has 11 heteroatoms. The fourth-order valence-corrected chi connectivity index (χ4v) is 3.08. The molecule has 0 spiro atoms. The standard InChI is InChI=1S/C11H17N5O5S/c1-9-12-10(16(18)19)7-14(9)8-11(17)13-3-5-15(6-4-13)22(2,20)21/h7H,3-6,8H2,1-2H3. The first-order chi connectivity index (χ1) is 10.2. The van der Waals surface area contributed by atoms with Crippen molar-refractivity contribution >= 4 is 21.7 Å². The average Bonchev–Trinajstić information content (AvgIpc) is 2.79. The Kier molecular flexibility index (Phi) is 4.47. The van der Waals surface area contributed by atoms with E-state index in [1.807, 2.05) is 0 Å². The van der Waals surface area contributed by atoms with E-state index in [4.69, 9.17) is 0 Å². The van der Waals surface area contributed by atoms with Gasteiger partial charge in [-0.25, -0.2) is 8.42 Å². The highest BCUT2D eigenvalue weighted by molar-refractivity contribution is 7.88. The molecule has 0 atom stereocenters. The number of rotatable bonds is 4. The number of aromatic nitrogens is 2. The minimum atomic E-state index is -3.24.